The van der Waals surface area contributed by atoms with Gasteiger partial charge in [-0.15, -0.1) is 0 Å². The summed E-state index contributed by atoms with van der Waals surface area (Å²) in [5, 5.41) is 5.55. The number of nitrogens with zero attached hydrogens (tertiary/aromatic N) is 1. The fourth-order valence-electron chi connectivity index (χ4n) is 1.61. The van der Waals surface area contributed by atoms with Crippen LogP contribution in [0.5, 0.6) is 0 Å². The van der Waals surface area contributed by atoms with E-state index in [0.29, 0.717) is 37.3 Å². The van der Waals surface area contributed by atoms with Crippen LogP contribution in [0.15, 0.2) is 24.3 Å². The van der Waals surface area contributed by atoms with Gasteiger partial charge >= 0.3 is 0 Å². The van der Waals surface area contributed by atoms with Crippen LogP contribution >= 0.6 is 0 Å². The summed E-state index contributed by atoms with van der Waals surface area (Å²) in [6.07, 6.45) is 1.09. The van der Waals surface area contributed by atoms with Crippen molar-refractivity contribution in [3.63, 3.8) is 0 Å². The highest BCUT2D eigenvalue weighted by Gasteiger charge is 2.04. The van der Waals surface area contributed by atoms with Gasteiger partial charge in [-0.05, 0) is 51.3 Å². The quantitative estimate of drug-likeness (QED) is 0.690. The largest absolute Gasteiger partial charge is 0.330 e. The summed E-state index contributed by atoms with van der Waals surface area (Å²) < 4.78 is 0. The molecular formula is C14H22N4O2. The minimum atomic E-state index is -0.0743. The van der Waals surface area contributed by atoms with Gasteiger partial charge in [-0.2, -0.15) is 0 Å². The molecule has 4 N–H and O–H groups in total. The molecule has 1 rings (SSSR count). The Morgan fingerprint density at radius 3 is 2.00 bits per heavy atom. The Bertz CT molecular complexity index is 443. The van der Waals surface area contributed by atoms with Crippen molar-refractivity contribution in [1.82, 2.24) is 4.90 Å². The van der Waals surface area contributed by atoms with Gasteiger partial charge in [-0.3, -0.25) is 9.59 Å². The van der Waals surface area contributed by atoms with Crippen molar-refractivity contribution in [1.29, 1.82) is 0 Å². The van der Waals surface area contributed by atoms with Gasteiger partial charge in [-0.1, -0.05) is 0 Å². The Morgan fingerprint density at radius 2 is 1.55 bits per heavy atom. The molecule has 6 heteroatoms. The van der Waals surface area contributed by atoms with Crippen molar-refractivity contribution in [2.24, 2.45) is 5.73 Å². The maximum absolute atomic E-state index is 11.6. The summed E-state index contributed by atoms with van der Waals surface area (Å²) in [7, 11) is 3.67. The lowest BCUT2D eigenvalue weighted by Crippen LogP contribution is -2.27. The topological polar surface area (TPSA) is 87.5 Å². The Kier molecular flexibility index (Phi) is 6.69. The molecular weight excluding hydrogens is 256 g/mol. The first-order valence-electron chi connectivity index (χ1n) is 6.56. The maximum atomic E-state index is 11.6. The van der Waals surface area contributed by atoms with Crippen molar-refractivity contribution in [2.45, 2.75) is 12.8 Å². The molecule has 0 aliphatic carbocycles. The molecule has 0 saturated heterocycles. The average molecular weight is 278 g/mol. The van der Waals surface area contributed by atoms with E-state index in [1.165, 1.54) is 0 Å². The second kappa shape index (κ2) is 8.29. The lowest BCUT2D eigenvalue weighted by molar-refractivity contribution is -0.117. The van der Waals surface area contributed by atoms with E-state index in [9.17, 15) is 9.59 Å². The molecule has 0 heterocycles. The summed E-state index contributed by atoms with van der Waals surface area (Å²) in [4.78, 5) is 24.9. The summed E-state index contributed by atoms with van der Waals surface area (Å²) >= 11 is 0. The summed E-state index contributed by atoms with van der Waals surface area (Å²) in [5.74, 6) is -0.130. The molecule has 0 unspecified atom stereocenters. The normalized spacial score (nSPS) is 10.4. The molecule has 1 aromatic carbocycles. The monoisotopic (exact) mass is 278 g/mol. The van der Waals surface area contributed by atoms with Gasteiger partial charge in [0.15, 0.2) is 0 Å². The second-order valence-corrected chi connectivity index (χ2v) is 4.80. The Balaban J connectivity index is 2.47. The van der Waals surface area contributed by atoms with Crippen LogP contribution in [-0.4, -0.2) is 43.9 Å². The molecule has 0 aliphatic rings. The third-order valence-corrected chi connectivity index (χ3v) is 2.52. The molecule has 2 amide bonds. The van der Waals surface area contributed by atoms with Crippen LogP contribution in [0.2, 0.25) is 0 Å². The number of anilines is 2. The van der Waals surface area contributed by atoms with Crippen LogP contribution in [0.25, 0.3) is 0 Å². The summed E-state index contributed by atoms with van der Waals surface area (Å²) in [6, 6.07) is 7.02. The number of nitrogens with one attached hydrogen (secondary N) is 2. The number of hydrogen-bond donors (Lipinski definition) is 3. The standard InChI is InChI=1S/C14H22N4O2/c1-18(2)10-14(20)17-12-7-5-11(6-8-12)16-13(19)4-3-9-15/h5-8H,3-4,9-10,15H2,1-2H3,(H,16,19)(H,17,20). The third-order valence-electron chi connectivity index (χ3n) is 2.52. The SMILES string of the molecule is CN(C)CC(=O)Nc1ccc(NC(=O)CCCN)cc1. The zero-order valence-electron chi connectivity index (χ0n) is 12.0. The lowest BCUT2D eigenvalue weighted by Gasteiger charge is -2.10. The van der Waals surface area contributed by atoms with Gasteiger partial charge in [0.25, 0.3) is 0 Å². The molecule has 0 saturated carbocycles. The molecule has 0 bridgehead atoms. The third kappa shape index (κ3) is 6.31. The van der Waals surface area contributed by atoms with E-state index in [1.807, 2.05) is 14.1 Å². The van der Waals surface area contributed by atoms with Gasteiger partial charge < -0.3 is 21.3 Å². The fourth-order valence-corrected chi connectivity index (χ4v) is 1.61. The van der Waals surface area contributed by atoms with E-state index in [4.69, 9.17) is 5.73 Å². The van der Waals surface area contributed by atoms with Crippen molar-refractivity contribution in [3.05, 3.63) is 24.3 Å². The van der Waals surface area contributed by atoms with Crippen molar-refractivity contribution >= 4 is 23.2 Å². The molecule has 0 fully saturated rings. The second-order valence-electron chi connectivity index (χ2n) is 4.80. The van der Waals surface area contributed by atoms with Crippen molar-refractivity contribution in [2.75, 3.05) is 37.8 Å². The van der Waals surface area contributed by atoms with Crippen LogP contribution in [0.1, 0.15) is 12.8 Å². The van der Waals surface area contributed by atoms with Crippen LogP contribution in [0.4, 0.5) is 11.4 Å². The minimum absolute atomic E-state index is 0.0557. The molecule has 110 valence electrons. The van der Waals surface area contributed by atoms with Crippen LogP contribution in [0, 0.1) is 0 Å². The van der Waals surface area contributed by atoms with E-state index in [1.54, 1.807) is 29.2 Å². The number of amides is 2. The van der Waals surface area contributed by atoms with Gasteiger partial charge in [0.1, 0.15) is 0 Å². The van der Waals surface area contributed by atoms with Gasteiger partial charge in [0.2, 0.25) is 11.8 Å². The predicted molar refractivity (Wildman–Crippen MR) is 80.5 cm³/mol. The van der Waals surface area contributed by atoms with Gasteiger partial charge in [0.05, 0.1) is 6.54 Å². The number of carbonyl (C=O) groups excluding carboxylic acids is 2. The molecule has 1 aromatic rings. The minimum Gasteiger partial charge on any atom is -0.330 e. The molecule has 6 nitrogen and oxygen atoms in total. The Hall–Kier alpha value is -1.92. The number of hydrogen-bond acceptors (Lipinski definition) is 4. The van der Waals surface area contributed by atoms with E-state index in [0.717, 1.165) is 0 Å². The maximum Gasteiger partial charge on any atom is 0.238 e. The zero-order chi connectivity index (χ0) is 15.0. The molecule has 0 atom stereocenters. The lowest BCUT2D eigenvalue weighted by atomic mass is 10.2. The van der Waals surface area contributed by atoms with Gasteiger partial charge in [-0.25, -0.2) is 0 Å². The first kappa shape index (κ1) is 16.1. The highest BCUT2D eigenvalue weighted by molar-refractivity contribution is 5.93. The number of likely N-dealkylation sites (N-methyl/N-ethyl adjacent to an activating group) is 1. The average Bonchev–Trinajstić information content (AvgIpc) is 2.37. The molecule has 0 aliphatic heterocycles. The first-order valence-corrected chi connectivity index (χ1v) is 6.56. The van der Waals surface area contributed by atoms with E-state index < -0.39 is 0 Å². The number of carbonyl (C=O) groups is 2. The molecule has 0 aromatic heterocycles. The van der Waals surface area contributed by atoms with Crippen molar-refractivity contribution < 1.29 is 9.59 Å². The van der Waals surface area contributed by atoms with Crippen LogP contribution < -0.4 is 16.4 Å². The van der Waals surface area contributed by atoms with Gasteiger partial charge in [0, 0.05) is 17.8 Å². The number of rotatable bonds is 7. The Morgan fingerprint density at radius 1 is 1.05 bits per heavy atom. The fraction of sp³-hybridized carbons (Fsp3) is 0.429. The van der Waals surface area contributed by atoms with Crippen LogP contribution in [-0.2, 0) is 9.59 Å². The highest BCUT2D eigenvalue weighted by Crippen LogP contribution is 2.13. The highest BCUT2D eigenvalue weighted by atomic mass is 16.2. The van der Waals surface area contributed by atoms with Crippen molar-refractivity contribution in [3.8, 4) is 0 Å². The first-order chi connectivity index (χ1) is 9.51. The molecule has 0 spiro atoms. The van der Waals surface area contributed by atoms with E-state index in [2.05, 4.69) is 10.6 Å². The molecule has 0 radical (unpaired) electrons. The number of benzene rings is 1. The smallest absolute Gasteiger partial charge is 0.238 e. The number of nitrogens with two attached hydrogens (primary N) is 1. The molecule has 20 heavy (non-hydrogen) atoms. The zero-order valence-corrected chi connectivity index (χ0v) is 12.0. The predicted octanol–water partition coefficient (Wildman–Crippen LogP) is 0.864. The Labute approximate surface area is 119 Å². The van der Waals surface area contributed by atoms with E-state index in [-0.39, 0.29) is 11.8 Å². The summed E-state index contributed by atoms with van der Waals surface area (Å²) in [6.45, 7) is 0.835. The summed E-state index contributed by atoms with van der Waals surface area (Å²) in [5.41, 5.74) is 6.76. The van der Waals surface area contributed by atoms with Crippen LogP contribution in [0.3, 0.4) is 0 Å². The van der Waals surface area contributed by atoms with E-state index >= 15 is 0 Å².